The van der Waals surface area contributed by atoms with Gasteiger partial charge in [0.2, 0.25) is 5.88 Å². The number of benzene rings is 2. The van der Waals surface area contributed by atoms with Crippen LogP contribution in [-0.4, -0.2) is 26.7 Å². The third-order valence-corrected chi connectivity index (χ3v) is 4.74. The summed E-state index contributed by atoms with van der Waals surface area (Å²) >= 11 is 0. The van der Waals surface area contributed by atoms with Crippen LogP contribution in [0.25, 0.3) is 0 Å². The van der Waals surface area contributed by atoms with Crippen molar-refractivity contribution in [3.63, 3.8) is 0 Å². The van der Waals surface area contributed by atoms with Gasteiger partial charge in [-0.25, -0.2) is 5.43 Å². The Hall–Kier alpha value is -4.78. The Bertz CT molecular complexity index is 1320. The molecule has 0 atom stereocenters. The average molecular weight is 431 g/mol. The van der Waals surface area contributed by atoms with E-state index in [1.54, 1.807) is 30.3 Å². The van der Waals surface area contributed by atoms with Gasteiger partial charge in [-0.1, -0.05) is 42.5 Å². The lowest BCUT2D eigenvalue weighted by atomic mass is 10.1. The van der Waals surface area contributed by atoms with Gasteiger partial charge in [0, 0.05) is 6.07 Å². The van der Waals surface area contributed by atoms with E-state index in [0.717, 1.165) is 16.3 Å². The van der Waals surface area contributed by atoms with Crippen molar-refractivity contribution in [3.8, 4) is 11.9 Å². The summed E-state index contributed by atoms with van der Waals surface area (Å²) in [6, 6.07) is 16.1. The standard InChI is InChI=1S/C22H17N5O5/c1-14-17(11-23)21(29)26(13-15-7-3-2-4-8-15)22(30)18(14)12-24-25-20(28)16-9-5-6-10-19(16)27(31)32/h2-10,12,30H,13H2,1H3,(H,25,28). The molecule has 3 aromatic rings. The summed E-state index contributed by atoms with van der Waals surface area (Å²) in [5.41, 5.74) is 1.71. The summed E-state index contributed by atoms with van der Waals surface area (Å²) in [6.45, 7) is 1.49. The highest BCUT2D eigenvalue weighted by atomic mass is 16.6. The predicted molar refractivity (Wildman–Crippen MR) is 116 cm³/mol. The maximum absolute atomic E-state index is 12.7. The number of nitriles is 1. The monoisotopic (exact) mass is 431 g/mol. The molecule has 0 aliphatic rings. The predicted octanol–water partition coefficient (Wildman–Crippen LogP) is 2.45. The molecule has 1 amide bonds. The average Bonchev–Trinajstić information content (AvgIpc) is 2.79. The third kappa shape index (κ3) is 4.36. The van der Waals surface area contributed by atoms with Gasteiger partial charge >= 0.3 is 0 Å². The fourth-order valence-electron chi connectivity index (χ4n) is 3.08. The molecule has 3 rings (SSSR count). The third-order valence-electron chi connectivity index (χ3n) is 4.74. The van der Waals surface area contributed by atoms with E-state index in [1.165, 1.54) is 31.2 Å². The first kappa shape index (κ1) is 21.9. The Labute approximate surface area is 181 Å². The van der Waals surface area contributed by atoms with E-state index < -0.39 is 22.3 Å². The Morgan fingerprint density at radius 1 is 1.25 bits per heavy atom. The van der Waals surface area contributed by atoms with Crippen molar-refractivity contribution in [2.75, 3.05) is 0 Å². The Morgan fingerprint density at radius 3 is 2.56 bits per heavy atom. The second-order valence-electron chi connectivity index (χ2n) is 6.70. The number of pyridine rings is 1. The first-order valence-electron chi connectivity index (χ1n) is 9.32. The summed E-state index contributed by atoms with van der Waals surface area (Å²) in [6.07, 6.45) is 1.08. The van der Waals surface area contributed by atoms with Crippen molar-refractivity contribution in [1.29, 1.82) is 5.26 Å². The molecular weight excluding hydrogens is 414 g/mol. The van der Waals surface area contributed by atoms with Gasteiger partial charge in [0.05, 0.1) is 23.2 Å². The van der Waals surface area contributed by atoms with Crippen LogP contribution in [0.3, 0.4) is 0 Å². The number of carbonyl (C=O) groups is 1. The molecule has 0 spiro atoms. The van der Waals surface area contributed by atoms with Crippen LogP contribution in [-0.2, 0) is 6.54 Å². The molecule has 2 N–H and O–H groups in total. The van der Waals surface area contributed by atoms with Crippen molar-refractivity contribution >= 4 is 17.8 Å². The smallest absolute Gasteiger partial charge is 0.282 e. The van der Waals surface area contributed by atoms with E-state index >= 15 is 0 Å². The molecular formula is C22H17N5O5. The lowest BCUT2D eigenvalue weighted by molar-refractivity contribution is -0.385. The van der Waals surface area contributed by atoms with E-state index in [0.29, 0.717) is 0 Å². The van der Waals surface area contributed by atoms with Gasteiger partial charge in [0.25, 0.3) is 17.2 Å². The zero-order valence-electron chi connectivity index (χ0n) is 16.8. The number of rotatable bonds is 6. The van der Waals surface area contributed by atoms with Gasteiger partial charge in [-0.3, -0.25) is 24.3 Å². The van der Waals surface area contributed by atoms with Gasteiger partial charge < -0.3 is 5.11 Å². The SMILES string of the molecule is Cc1c(C=NNC(=O)c2ccccc2[N+](=O)[O-])c(O)n(Cc2ccccc2)c(=O)c1C#N. The first-order valence-corrected chi connectivity index (χ1v) is 9.32. The zero-order chi connectivity index (χ0) is 23.3. The van der Waals surface area contributed by atoms with Crippen molar-refractivity contribution in [2.45, 2.75) is 13.5 Å². The number of nitrogens with zero attached hydrogens (tertiary/aromatic N) is 4. The topological polar surface area (TPSA) is 151 Å². The van der Waals surface area contributed by atoms with Crippen LogP contribution in [0.1, 0.15) is 32.6 Å². The summed E-state index contributed by atoms with van der Waals surface area (Å²) in [7, 11) is 0. The second kappa shape index (κ2) is 9.36. The Morgan fingerprint density at radius 2 is 1.91 bits per heavy atom. The van der Waals surface area contributed by atoms with Gasteiger partial charge in [-0.05, 0) is 24.1 Å². The first-order chi connectivity index (χ1) is 15.3. The summed E-state index contributed by atoms with van der Waals surface area (Å²) < 4.78 is 1.03. The fraction of sp³-hybridized carbons (Fsp3) is 0.0909. The number of hydrogen-bond acceptors (Lipinski definition) is 7. The maximum Gasteiger partial charge on any atom is 0.282 e. The van der Waals surface area contributed by atoms with Crippen LogP contribution in [0.15, 0.2) is 64.5 Å². The number of hydrazone groups is 1. The van der Waals surface area contributed by atoms with E-state index in [9.17, 15) is 30.1 Å². The minimum absolute atomic E-state index is 0.0177. The molecule has 0 bridgehead atoms. The molecule has 32 heavy (non-hydrogen) atoms. The molecule has 10 nitrogen and oxygen atoms in total. The van der Waals surface area contributed by atoms with E-state index in [1.807, 2.05) is 6.07 Å². The molecule has 0 fully saturated rings. The van der Waals surface area contributed by atoms with Crippen molar-refractivity contribution in [2.24, 2.45) is 5.10 Å². The highest BCUT2D eigenvalue weighted by molar-refractivity contribution is 5.98. The van der Waals surface area contributed by atoms with Crippen LogP contribution >= 0.6 is 0 Å². The fourth-order valence-corrected chi connectivity index (χ4v) is 3.08. The van der Waals surface area contributed by atoms with E-state index in [-0.39, 0.29) is 34.5 Å². The van der Waals surface area contributed by atoms with Gasteiger partial charge in [0.1, 0.15) is 17.2 Å². The van der Waals surface area contributed by atoms with Crippen molar-refractivity contribution in [1.82, 2.24) is 9.99 Å². The van der Waals surface area contributed by atoms with Gasteiger partial charge in [0.15, 0.2) is 0 Å². The Kier molecular flexibility index (Phi) is 6.41. The zero-order valence-corrected chi connectivity index (χ0v) is 16.8. The maximum atomic E-state index is 12.7. The van der Waals surface area contributed by atoms with Crippen molar-refractivity contribution < 1.29 is 14.8 Å². The molecule has 0 aliphatic heterocycles. The number of carbonyl (C=O) groups excluding carboxylic acids is 1. The molecule has 0 unspecified atom stereocenters. The minimum Gasteiger partial charge on any atom is -0.494 e. The molecule has 160 valence electrons. The molecule has 0 saturated heterocycles. The number of aromatic hydroxyl groups is 1. The minimum atomic E-state index is -0.830. The molecule has 1 heterocycles. The van der Waals surface area contributed by atoms with Gasteiger partial charge in [-0.15, -0.1) is 0 Å². The molecule has 0 aliphatic carbocycles. The second-order valence-corrected chi connectivity index (χ2v) is 6.70. The number of nitro groups is 1. The van der Waals surface area contributed by atoms with Crippen molar-refractivity contribution in [3.05, 3.63) is 103 Å². The molecule has 10 heteroatoms. The highest BCUT2D eigenvalue weighted by Crippen LogP contribution is 2.21. The van der Waals surface area contributed by atoms with Crippen LogP contribution in [0.2, 0.25) is 0 Å². The van der Waals surface area contributed by atoms with Crippen LogP contribution in [0.4, 0.5) is 5.69 Å². The number of hydrogen-bond donors (Lipinski definition) is 2. The number of aromatic nitrogens is 1. The number of nitrogens with one attached hydrogen (secondary N) is 1. The molecule has 0 saturated carbocycles. The van der Waals surface area contributed by atoms with Gasteiger partial charge in [-0.2, -0.15) is 10.4 Å². The lowest BCUT2D eigenvalue weighted by Gasteiger charge is -2.14. The highest BCUT2D eigenvalue weighted by Gasteiger charge is 2.20. The lowest BCUT2D eigenvalue weighted by Crippen LogP contribution is -2.26. The normalized spacial score (nSPS) is 10.6. The molecule has 0 radical (unpaired) electrons. The number of nitro benzene ring substituents is 1. The van der Waals surface area contributed by atoms with Crippen LogP contribution in [0, 0.1) is 28.4 Å². The quantitative estimate of drug-likeness (QED) is 0.348. The summed E-state index contributed by atoms with van der Waals surface area (Å²) in [5, 5.41) is 35.0. The van der Waals surface area contributed by atoms with E-state index in [2.05, 4.69) is 10.5 Å². The summed E-state index contributed by atoms with van der Waals surface area (Å²) in [5.74, 6) is -1.26. The molecule has 1 aromatic heterocycles. The van der Waals surface area contributed by atoms with Crippen LogP contribution < -0.4 is 11.0 Å². The van der Waals surface area contributed by atoms with E-state index in [4.69, 9.17) is 0 Å². The number of amides is 1. The Balaban J connectivity index is 1.96. The largest absolute Gasteiger partial charge is 0.494 e. The summed E-state index contributed by atoms with van der Waals surface area (Å²) in [4.78, 5) is 35.4. The van der Waals surface area contributed by atoms with Crippen LogP contribution in [0.5, 0.6) is 5.88 Å². The number of para-hydroxylation sites is 1. The molecule has 2 aromatic carbocycles.